The zero-order valence-corrected chi connectivity index (χ0v) is 17.3. The number of aromatic amines is 2. The first-order valence-corrected chi connectivity index (χ1v) is 11.3. The van der Waals surface area contributed by atoms with Gasteiger partial charge in [-0.05, 0) is 48.7 Å². The molecule has 5 rings (SSSR count). The molecule has 7 nitrogen and oxygen atoms in total. The predicted molar refractivity (Wildman–Crippen MR) is 118 cm³/mol. The third-order valence-corrected chi connectivity index (χ3v) is 7.84. The number of hydrogen-bond donors (Lipinski definition) is 3. The van der Waals surface area contributed by atoms with Crippen molar-refractivity contribution in [1.82, 2.24) is 19.6 Å². The summed E-state index contributed by atoms with van der Waals surface area (Å²) < 4.78 is 28.1. The van der Waals surface area contributed by atoms with Crippen LogP contribution >= 0.6 is 0 Å². The summed E-state index contributed by atoms with van der Waals surface area (Å²) in [6.07, 6.45) is 0.788. The summed E-state index contributed by atoms with van der Waals surface area (Å²) in [4.78, 5) is 19.0. The zero-order chi connectivity index (χ0) is 20.9. The fourth-order valence-electron chi connectivity index (χ4n) is 4.15. The monoisotopic (exact) mass is 422 g/mol. The van der Waals surface area contributed by atoms with Gasteiger partial charge in [-0.2, -0.15) is 4.31 Å². The van der Waals surface area contributed by atoms with E-state index in [1.54, 1.807) is 25.2 Å². The molecule has 1 unspecified atom stereocenters. The van der Waals surface area contributed by atoms with Crippen LogP contribution in [0.5, 0.6) is 0 Å². The van der Waals surface area contributed by atoms with Gasteiger partial charge >= 0.3 is 0 Å². The second-order valence-corrected chi connectivity index (χ2v) is 9.63. The Morgan fingerprint density at radius 3 is 2.60 bits per heavy atom. The molecule has 0 aliphatic carbocycles. The molecule has 0 bridgehead atoms. The molecule has 3 N–H and O–H groups in total. The average Bonchev–Trinajstić information content (AvgIpc) is 3.42. The number of para-hydroxylation sites is 1. The molecule has 1 saturated heterocycles. The molecule has 1 fully saturated rings. The Balaban J connectivity index is 1.64. The lowest BCUT2D eigenvalue weighted by atomic mass is 10.1. The molecule has 0 radical (unpaired) electrons. The van der Waals surface area contributed by atoms with E-state index in [9.17, 15) is 13.2 Å². The highest BCUT2D eigenvalue weighted by atomic mass is 32.2. The number of sulfonamides is 1. The standard InChI is InChI=1S/C22H22N4O3S/c1-26(15-9-10-23-13-15)30(28,29)21-8-4-7-19-16(21)12-20(24-19)17-11-14-5-2-3-6-18(14)25-22(17)27/h2-8,11-12,15,23-24H,9-10,13H2,1H3,(H,25,27). The van der Waals surface area contributed by atoms with Gasteiger partial charge in [-0.3, -0.25) is 4.79 Å². The fraction of sp³-hybridized carbons (Fsp3) is 0.227. The van der Waals surface area contributed by atoms with Crippen molar-refractivity contribution in [1.29, 1.82) is 0 Å². The van der Waals surface area contributed by atoms with Crippen molar-refractivity contribution in [3.8, 4) is 11.3 Å². The van der Waals surface area contributed by atoms with Crippen molar-refractivity contribution in [2.75, 3.05) is 20.1 Å². The van der Waals surface area contributed by atoms with Crippen molar-refractivity contribution < 1.29 is 8.42 Å². The number of rotatable bonds is 4. The van der Waals surface area contributed by atoms with Gasteiger partial charge in [0.25, 0.3) is 5.56 Å². The molecule has 154 valence electrons. The summed E-state index contributed by atoms with van der Waals surface area (Å²) in [7, 11) is -2.04. The number of aromatic nitrogens is 2. The van der Waals surface area contributed by atoms with E-state index in [1.807, 2.05) is 36.4 Å². The van der Waals surface area contributed by atoms with Gasteiger partial charge in [0.1, 0.15) is 0 Å². The molecule has 1 aliphatic rings. The minimum Gasteiger partial charge on any atom is -0.354 e. The van der Waals surface area contributed by atoms with E-state index in [4.69, 9.17) is 0 Å². The average molecular weight is 423 g/mol. The molecule has 3 heterocycles. The molecule has 4 aromatic rings. The third-order valence-electron chi connectivity index (χ3n) is 5.87. The molecule has 30 heavy (non-hydrogen) atoms. The molecule has 0 spiro atoms. The molecule has 2 aromatic carbocycles. The Bertz CT molecular complexity index is 1420. The third kappa shape index (κ3) is 3.04. The van der Waals surface area contributed by atoms with Crippen molar-refractivity contribution >= 4 is 31.8 Å². The quantitative estimate of drug-likeness (QED) is 0.471. The number of hydrogen-bond acceptors (Lipinski definition) is 4. The van der Waals surface area contributed by atoms with Crippen LogP contribution in [0.3, 0.4) is 0 Å². The Morgan fingerprint density at radius 2 is 1.80 bits per heavy atom. The summed E-state index contributed by atoms with van der Waals surface area (Å²) >= 11 is 0. The van der Waals surface area contributed by atoms with E-state index in [1.165, 1.54) is 4.31 Å². The normalized spacial score (nSPS) is 17.3. The highest BCUT2D eigenvalue weighted by Gasteiger charge is 2.31. The molecule has 1 atom stereocenters. The lowest BCUT2D eigenvalue weighted by molar-refractivity contribution is 0.388. The van der Waals surface area contributed by atoms with Crippen LogP contribution in [0.4, 0.5) is 0 Å². The first-order valence-electron chi connectivity index (χ1n) is 9.88. The van der Waals surface area contributed by atoms with Crippen LogP contribution < -0.4 is 10.9 Å². The van der Waals surface area contributed by atoms with Gasteiger partial charge in [0, 0.05) is 36.1 Å². The van der Waals surface area contributed by atoms with Gasteiger partial charge in [-0.1, -0.05) is 24.3 Å². The lowest BCUT2D eigenvalue weighted by Crippen LogP contribution is -2.38. The summed E-state index contributed by atoms with van der Waals surface area (Å²) in [5.74, 6) is 0. The number of fused-ring (bicyclic) bond motifs is 2. The van der Waals surface area contributed by atoms with E-state index in [0.29, 0.717) is 28.7 Å². The predicted octanol–water partition coefficient (Wildman–Crippen LogP) is 2.66. The topological polar surface area (TPSA) is 98.1 Å². The zero-order valence-electron chi connectivity index (χ0n) is 16.5. The van der Waals surface area contributed by atoms with E-state index in [0.717, 1.165) is 23.9 Å². The van der Waals surface area contributed by atoms with Gasteiger partial charge in [0.05, 0.1) is 16.2 Å². The Hall–Kier alpha value is -2.94. The van der Waals surface area contributed by atoms with Crippen molar-refractivity contribution in [3.63, 3.8) is 0 Å². The Labute approximate surface area is 173 Å². The van der Waals surface area contributed by atoms with E-state index >= 15 is 0 Å². The number of nitrogens with zero attached hydrogens (tertiary/aromatic N) is 1. The van der Waals surface area contributed by atoms with Gasteiger partial charge in [0.15, 0.2) is 0 Å². The smallest absolute Gasteiger partial charge is 0.257 e. The summed E-state index contributed by atoms with van der Waals surface area (Å²) in [5, 5.41) is 4.70. The first kappa shape index (κ1) is 19.0. The number of likely N-dealkylation sites (N-methyl/N-ethyl adjacent to an activating group) is 1. The van der Waals surface area contributed by atoms with Crippen molar-refractivity contribution in [2.24, 2.45) is 0 Å². The van der Waals surface area contributed by atoms with Crippen molar-refractivity contribution in [3.05, 3.63) is 65.0 Å². The maximum atomic E-state index is 13.3. The number of nitrogens with one attached hydrogen (secondary N) is 3. The maximum Gasteiger partial charge on any atom is 0.257 e. The van der Waals surface area contributed by atoms with Crippen LogP contribution in [0, 0.1) is 0 Å². The molecule has 8 heteroatoms. The highest BCUT2D eigenvalue weighted by molar-refractivity contribution is 7.89. The summed E-state index contributed by atoms with van der Waals surface area (Å²) in [6, 6.07) is 16.2. The van der Waals surface area contributed by atoms with E-state index in [2.05, 4.69) is 15.3 Å². The second kappa shape index (κ2) is 7.09. The van der Waals surface area contributed by atoms with Gasteiger partial charge in [-0.15, -0.1) is 0 Å². The molecule has 0 saturated carbocycles. The van der Waals surface area contributed by atoms with Crippen LogP contribution in [0.2, 0.25) is 0 Å². The Morgan fingerprint density at radius 1 is 1.00 bits per heavy atom. The minimum absolute atomic E-state index is 0.0630. The van der Waals surface area contributed by atoms with Gasteiger partial charge < -0.3 is 15.3 Å². The van der Waals surface area contributed by atoms with Crippen LogP contribution in [-0.4, -0.2) is 48.9 Å². The fourth-order valence-corrected chi connectivity index (χ4v) is 5.73. The van der Waals surface area contributed by atoms with Crippen LogP contribution in [0.15, 0.2) is 64.3 Å². The number of H-pyrrole nitrogens is 2. The second-order valence-electron chi connectivity index (χ2n) is 7.67. The number of pyridine rings is 1. The molecule has 2 aromatic heterocycles. The Kier molecular flexibility index (Phi) is 4.50. The van der Waals surface area contributed by atoms with Gasteiger partial charge in [-0.25, -0.2) is 8.42 Å². The molecular formula is C22H22N4O3S. The number of benzene rings is 2. The highest BCUT2D eigenvalue weighted by Crippen LogP contribution is 2.30. The largest absolute Gasteiger partial charge is 0.354 e. The first-order chi connectivity index (χ1) is 14.4. The molecule has 0 amide bonds. The van der Waals surface area contributed by atoms with Gasteiger partial charge in [0.2, 0.25) is 10.0 Å². The van der Waals surface area contributed by atoms with Crippen LogP contribution in [-0.2, 0) is 10.0 Å². The molecule has 1 aliphatic heterocycles. The van der Waals surface area contributed by atoms with Crippen LogP contribution in [0.25, 0.3) is 33.1 Å². The minimum atomic E-state index is -3.68. The summed E-state index contributed by atoms with van der Waals surface area (Å²) in [5.41, 5.74) is 2.28. The summed E-state index contributed by atoms with van der Waals surface area (Å²) in [6.45, 7) is 1.46. The van der Waals surface area contributed by atoms with Crippen LogP contribution in [0.1, 0.15) is 6.42 Å². The van der Waals surface area contributed by atoms with E-state index in [-0.39, 0.29) is 16.5 Å². The molecular weight excluding hydrogens is 400 g/mol. The van der Waals surface area contributed by atoms with E-state index < -0.39 is 10.0 Å². The SMILES string of the molecule is CN(C1CCNC1)S(=O)(=O)c1cccc2[nH]c(-c3cc4ccccc4[nH]c3=O)cc12. The lowest BCUT2D eigenvalue weighted by Gasteiger charge is -2.23. The maximum absolute atomic E-state index is 13.3. The van der Waals surface area contributed by atoms with Crippen molar-refractivity contribution in [2.45, 2.75) is 17.4 Å².